The Hall–Kier alpha value is -6.03. The molecule has 0 bridgehead atoms. The van der Waals surface area contributed by atoms with Gasteiger partial charge < -0.3 is 14.2 Å². The lowest BCUT2D eigenvalue weighted by molar-refractivity contribution is -0.158. The Kier molecular flexibility index (Phi) is 18.4. The van der Waals surface area contributed by atoms with Crippen LogP contribution in [0.2, 0.25) is 0 Å². The van der Waals surface area contributed by atoms with Crippen LogP contribution < -0.4 is 0 Å². The maximum atomic E-state index is 12.2. The Morgan fingerprint density at radius 1 is 0.603 bits per heavy atom. The summed E-state index contributed by atoms with van der Waals surface area (Å²) >= 11 is 0. The lowest BCUT2D eigenvalue weighted by atomic mass is 9.84. The van der Waals surface area contributed by atoms with Gasteiger partial charge in [-0.05, 0) is 80.3 Å². The van der Waals surface area contributed by atoms with Crippen LogP contribution in [0.4, 0.5) is 0 Å². The topological polar surface area (TPSA) is 130 Å². The summed E-state index contributed by atoms with van der Waals surface area (Å²) in [5.74, 6) is -0.541. The van der Waals surface area contributed by atoms with E-state index in [1.165, 1.54) is 19.3 Å². The standard InChI is InChI=1S/C17H25NO2.C16H17NO2.C15H14N2O2/c1-3-13(2)17(19)20-16(14-9-5-4-6-10-14)15-11-7-8-12-18-15;1-12(2)16(18)19-15(13-8-4-3-5-9-13)14-10-6-7-11-17-14;1-11(2)15(18)19-14(12-7-3-5-9-16-12)13-8-4-6-10-17-13/h7-8,11-14,16H,3-6,9-10H2,1-2H3;3-12,15H,1-2H3;3-10,14H,1H2,2H3. The van der Waals surface area contributed by atoms with Crippen LogP contribution >= 0.6 is 0 Å². The van der Waals surface area contributed by atoms with Crippen LogP contribution in [0.15, 0.2) is 140 Å². The van der Waals surface area contributed by atoms with Gasteiger partial charge in [-0.25, -0.2) is 4.79 Å². The van der Waals surface area contributed by atoms with Gasteiger partial charge in [-0.3, -0.25) is 29.5 Å². The molecule has 1 saturated carbocycles. The summed E-state index contributed by atoms with van der Waals surface area (Å²) in [5, 5.41) is 0. The van der Waals surface area contributed by atoms with Gasteiger partial charge in [0.25, 0.3) is 0 Å². The monoisotopic (exact) mass is 784 g/mol. The molecule has 3 atom stereocenters. The fraction of sp³-hybridized carbons (Fsp3) is 0.354. The van der Waals surface area contributed by atoms with Gasteiger partial charge in [0, 0.05) is 36.3 Å². The molecular formula is C48H56N4O6. The third kappa shape index (κ3) is 14.2. The van der Waals surface area contributed by atoms with Crippen molar-refractivity contribution in [3.63, 3.8) is 0 Å². The molecule has 4 aromatic heterocycles. The summed E-state index contributed by atoms with van der Waals surface area (Å²) in [5.41, 5.74) is 4.18. The SMILES string of the molecule is C=C(C)C(=O)OC(c1ccccn1)c1ccccn1.CC(C)C(=O)OC(c1ccccc1)c1ccccn1.CCC(C)C(=O)OC(c1ccccn1)C1CCCCC1. The summed E-state index contributed by atoms with van der Waals surface area (Å²) in [6, 6.07) is 32.0. The maximum absolute atomic E-state index is 12.2. The molecule has 304 valence electrons. The van der Waals surface area contributed by atoms with Gasteiger partial charge in [-0.1, -0.05) is 108 Å². The van der Waals surface area contributed by atoms with Crippen molar-refractivity contribution in [3.8, 4) is 0 Å². The van der Waals surface area contributed by atoms with Crippen molar-refractivity contribution in [2.45, 2.75) is 91.5 Å². The number of benzene rings is 1. The van der Waals surface area contributed by atoms with Gasteiger partial charge in [-0.15, -0.1) is 0 Å². The molecule has 6 rings (SSSR count). The highest BCUT2D eigenvalue weighted by Crippen LogP contribution is 2.37. The molecule has 0 radical (unpaired) electrons. The van der Waals surface area contributed by atoms with Gasteiger partial charge in [-0.2, -0.15) is 0 Å². The first-order valence-electron chi connectivity index (χ1n) is 20.0. The van der Waals surface area contributed by atoms with E-state index >= 15 is 0 Å². The van der Waals surface area contributed by atoms with Crippen molar-refractivity contribution in [2.75, 3.05) is 0 Å². The zero-order chi connectivity index (χ0) is 41.7. The van der Waals surface area contributed by atoms with E-state index in [9.17, 15) is 14.4 Å². The van der Waals surface area contributed by atoms with E-state index in [1.54, 1.807) is 56.0 Å². The Bertz CT molecular complexity index is 1880. The van der Waals surface area contributed by atoms with Crippen LogP contribution in [0.5, 0.6) is 0 Å². The molecule has 10 heteroatoms. The number of hydrogen-bond donors (Lipinski definition) is 0. The van der Waals surface area contributed by atoms with Crippen molar-refractivity contribution in [3.05, 3.63) is 168 Å². The molecule has 0 saturated heterocycles. The number of carbonyl (C=O) groups is 3. The molecule has 1 aliphatic rings. The van der Waals surface area contributed by atoms with Gasteiger partial charge >= 0.3 is 17.9 Å². The Morgan fingerprint density at radius 3 is 1.50 bits per heavy atom. The highest BCUT2D eigenvalue weighted by atomic mass is 16.6. The summed E-state index contributed by atoms with van der Waals surface area (Å²) < 4.78 is 16.8. The number of hydrogen-bond acceptors (Lipinski definition) is 10. The van der Waals surface area contributed by atoms with E-state index in [-0.39, 0.29) is 29.9 Å². The molecule has 1 aromatic carbocycles. The predicted molar refractivity (Wildman–Crippen MR) is 224 cm³/mol. The quantitative estimate of drug-likeness (QED) is 0.0646. The molecule has 1 fully saturated rings. The van der Waals surface area contributed by atoms with Crippen LogP contribution in [-0.4, -0.2) is 37.8 Å². The molecule has 1 aliphatic carbocycles. The fourth-order valence-electron chi connectivity index (χ4n) is 6.04. The molecule has 0 N–H and O–H groups in total. The van der Waals surface area contributed by atoms with Crippen LogP contribution in [0.25, 0.3) is 0 Å². The van der Waals surface area contributed by atoms with Crippen LogP contribution in [0.3, 0.4) is 0 Å². The Balaban J connectivity index is 0.000000193. The van der Waals surface area contributed by atoms with Gasteiger partial charge in [0.15, 0.2) is 12.2 Å². The third-order valence-corrected chi connectivity index (χ3v) is 9.57. The first-order chi connectivity index (χ1) is 28.1. The maximum Gasteiger partial charge on any atom is 0.334 e. The van der Waals surface area contributed by atoms with E-state index in [4.69, 9.17) is 14.2 Å². The summed E-state index contributed by atoms with van der Waals surface area (Å²) in [4.78, 5) is 52.9. The number of pyridine rings is 4. The summed E-state index contributed by atoms with van der Waals surface area (Å²) in [6.45, 7) is 12.8. The lowest BCUT2D eigenvalue weighted by Gasteiger charge is -2.30. The zero-order valence-electron chi connectivity index (χ0n) is 34.3. The van der Waals surface area contributed by atoms with E-state index in [1.807, 2.05) is 107 Å². The normalized spacial score (nSPS) is 14.0. The molecule has 0 amide bonds. The lowest BCUT2D eigenvalue weighted by Crippen LogP contribution is -2.25. The molecular weight excluding hydrogens is 729 g/mol. The Morgan fingerprint density at radius 2 is 1.07 bits per heavy atom. The van der Waals surface area contributed by atoms with Gasteiger partial charge in [0.2, 0.25) is 0 Å². The minimum absolute atomic E-state index is 0.0372. The molecule has 58 heavy (non-hydrogen) atoms. The smallest absolute Gasteiger partial charge is 0.334 e. The van der Waals surface area contributed by atoms with Crippen molar-refractivity contribution >= 4 is 17.9 Å². The molecule has 10 nitrogen and oxygen atoms in total. The average molecular weight is 785 g/mol. The molecule has 0 aliphatic heterocycles. The van der Waals surface area contributed by atoms with E-state index in [2.05, 4.69) is 26.5 Å². The van der Waals surface area contributed by atoms with Crippen LogP contribution in [0, 0.1) is 17.8 Å². The number of esters is 3. The van der Waals surface area contributed by atoms with Crippen molar-refractivity contribution in [1.82, 2.24) is 19.9 Å². The molecule has 4 heterocycles. The number of nitrogens with zero attached hydrogens (tertiary/aromatic N) is 4. The van der Waals surface area contributed by atoms with Crippen LogP contribution in [-0.2, 0) is 28.6 Å². The van der Waals surface area contributed by atoms with E-state index in [0.717, 1.165) is 36.2 Å². The number of rotatable bonds is 13. The zero-order valence-corrected chi connectivity index (χ0v) is 34.3. The van der Waals surface area contributed by atoms with E-state index in [0.29, 0.717) is 22.9 Å². The molecule has 0 spiro atoms. The number of carbonyl (C=O) groups excluding carboxylic acids is 3. The second-order valence-corrected chi connectivity index (χ2v) is 14.5. The van der Waals surface area contributed by atoms with Crippen LogP contribution in [0.1, 0.15) is 120 Å². The highest BCUT2D eigenvalue weighted by Gasteiger charge is 2.30. The second-order valence-electron chi connectivity index (χ2n) is 14.5. The summed E-state index contributed by atoms with van der Waals surface area (Å²) in [6.07, 6.45) is 12.4. The minimum atomic E-state index is -0.619. The minimum Gasteiger partial charge on any atom is -0.455 e. The predicted octanol–water partition coefficient (Wildman–Crippen LogP) is 10.3. The summed E-state index contributed by atoms with van der Waals surface area (Å²) in [7, 11) is 0. The third-order valence-electron chi connectivity index (χ3n) is 9.57. The number of aromatic nitrogens is 4. The van der Waals surface area contributed by atoms with Gasteiger partial charge in [0.05, 0.1) is 34.6 Å². The average Bonchev–Trinajstić information content (AvgIpc) is 3.28. The van der Waals surface area contributed by atoms with Crippen molar-refractivity contribution in [2.24, 2.45) is 17.8 Å². The molecule has 3 unspecified atom stereocenters. The second kappa shape index (κ2) is 23.9. The van der Waals surface area contributed by atoms with E-state index < -0.39 is 18.2 Å². The molecule has 5 aromatic rings. The van der Waals surface area contributed by atoms with Crippen molar-refractivity contribution in [1.29, 1.82) is 0 Å². The number of ether oxygens (including phenoxy) is 3. The first kappa shape index (κ1) is 44.7. The largest absolute Gasteiger partial charge is 0.455 e. The van der Waals surface area contributed by atoms with Crippen molar-refractivity contribution < 1.29 is 28.6 Å². The van der Waals surface area contributed by atoms with Gasteiger partial charge in [0.1, 0.15) is 6.10 Å². The fourth-order valence-corrected chi connectivity index (χ4v) is 6.04. The first-order valence-corrected chi connectivity index (χ1v) is 20.0. The Labute approximate surface area is 343 Å². The highest BCUT2D eigenvalue weighted by molar-refractivity contribution is 5.87.